The van der Waals surface area contributed by atoms with Gasteiger partial charge >= 0.3 is 6.09 Å². The molecule has 142 valence electrons. The van der Waals surface area contributed by atoms with Gasteiger partial charge in [-0.1, -0.05) is 0 Å². The Morgan fingerprint density at radius 3 is 2.35 bits per heavy atom. The number of carbonyl (C=O) groups excluding carboxylic acids is 2. The number of nitrogens with one attached hydrogen (secondary N) is 1. The zero-order valence-corrected chi connectivity index (χ0v) is 16.0. The number of rotatable bonds is 3. The van der Waals surface area contributed by atoms with Crippen molar-refractivity contribution in [3.63, 3.8) is 0 Å². The third-order valence-electron chi connectivity index (χ3n) is 4.81. The van der Waals surface area contributed by atoms with E-state index in [-0.39, 0.29) is 12.0 Å². The van der Waals surface area contributed by atoms with E-state index in [9.17, 15) is 9.59 Å². The lowest BCUT2D eigenvalue weighted by atomic mass is 10.0. The quantitative estimate of drug-likeness (QED) is 0.894. The molecular weight excluding hydrogens is 332 g/mol. The van der Waals surface area contributed by atoms with Crippen LogP contribution in [-0.4, -0.2) is 60.2 Å². The molecule has 2 saturated heterocycles. The molecule has 3 rings (SSSR count). The zero-order chi connectivity index (χ0) is 18.9. The summed E-state index contributed by atoms with van der Waals surface area (Å²) in [6.07, 6.45) is 1.41. The van der Waals surface area contributed by atoms with E-state index in [0.717, 1.165) is 32.0 Å². The van der Waals surface area contributed by atoms with Crippen LogP contribution >= 0.6 is 0 Å². The first-order chi connectivity index (χ1) is 12.3. The molecule has 0 bridgehead atoms. The van der Waals surface area contributed by atoms with Gasteiger partial charge in [0.15, 0.2) is 0 Å². The fraction of sp³-hybridized carbons (Fsp3) is 0.632. The van der Waals surface area contributed by atoms with Crippen molar-refractivity contribution >= 4 is 17.8 Å². The van der Waals surface area contributed by atoms with Gasteiger partial charge in [0.25, 0.3) is 5.91 Å². The van der Waals surface area contributed by atoms with Crippen LogP contribution in [0.3, 0.4) is 0 Å². The first-order valence-corrected chi connectivity index (χ1v) is 9.24. The maximum absolute atomic E-state index is 12.2. The maximum Gasteiger partial charge on any atom is 0.410 e. The molecule has 1 N–H and O–H groups in total. The molecular formula is C19H28N4O3. The molecule has 7 nitrogen and oxygen atoms in total. The average molecular weight is 360 g/mol. The van der Waals surface area contributed by atoms with Crippen molar-refractivity contribution in [3.8, 4) is 0 Å². The van der Waals surface area contributed by atoms with E-state index < -0.39 is 5.60 Å². The van der Waals surface area contributed by atoms with Gasteiger partial charge in [-0.2, -0.15) is 0 Å². The molecule has 2 aliphatic heterocycles. The number of nitrogens with zero attached hydrogens (tertiary/aromatic N) is 3. The molecule has 2 unspecified atom stereocenters. The number of fused-ring (bicyclic) bond motifs is 1. The predicted molar refractivity (Wildman–Crippen MR) is 99.2 cm³/mol. The largest absolute Gasteiger partial charge is 0.444 e. The topological polar surface area (TPSA) is 74.8 Å². The first kappa shape index (κ1) is 18.5. The van der Waals surface area contributed by atoms with Crippen LogP contribution in [0, 0.1) is 11.8 Å². The summed E-state index contributed by atoms with van der Waals surface area (Å²) in [7, 11) is 0. The first-order valence-electron chi connectivity index (χ1n) is 9.24. The SMILES string of the molecule is CCNC(=O)c1ccc(N2CC3CN(C(=O)OC(C)(C)C)CC3C2)nc1. The van der Waals surface area contributed by atoms with Gasteiger partial charge in [-0.15, -0.1) is 0 Å². The summed E-state index contributed by atoms with van der Waals surface area (Å²) in [6, 6.07) is 3.71. The monoisotopic (exact) mass is 360 g/mol. The Balaban J connectivity index is 1.56. The number of pyridine rings is 1. The van der Waals surface area contributed by atoms with E-state index in [1.165, 1.54) is 0 Å². The van der Waals surface area contributed by atoms with Crippen molar-refractivity contribution in [2.24, 2.45) is 11.8 Å². The summed E-state index contributed by atoms with van der Waals surface area (Å²) in [5, 5.41) is 2.77. The molecule has 26 heavy (non-hydrogen) atoms. The molecule has 2 fully saturated rings. The van der Waals surface area contributed by atoms with E-state index in [4.69, 9.17) is 4.74 Å². The number of likely N-dealkylation sites (tertiary alicyclic amines) is 1. The third-order valence-corrected chi connectivity index (χ3v) is 4.81. The van der Waals surface area contributed by atoms with E-state index in [1.807, 2.05) is 44.7 Å². The molecule has 3 heterocycles. The highest BCUT2D eigenvalue weighted by Crippen LogP contribution is 2.33. The lowest BCUT2D eigenvalue weighted by Crippen LogP contribution is -2.37. The summed E-state index contributed by atoms with van der Waals surface area (Å²) >= 11 is 0. The summed E-state index contributed by atoms with van der Waals surface area (Å²) < 4.78 is 5.48. The number of ether oxygens (including phenoxy) is 1. The molecule has 1 aromatic heterocycles. The van der Waals surface area contributed by atoms with Crippen LogP contribution in [0.25, 0.3) is 0 Å². The molecule has 0 aliphatic carbocycles. The Bertz CT molecular complexity index is 654. The molecule has 2 amide bonds. The van der Waals surface area contributed by atoms with Gasteiger partial charge in [-0.25, -0.2) is 9.78 Å². The van der Waals surface area contributed by atoms with Crippen molar-refractivity contribution in [2.45, 2.75) is 33.3 Å². The van der Waals surface area contributed by atoms with Crippen LogP contribution in [0.5, 0.6) is 0 Å². The van der Waals surface area contributed by atoms with Gasteiger partial charge in [0.2, 0.25) is 0 Å². The molecule has 0 saturated carbocycles. The Labute approximate surface area is 154 Å². The van der Waals surface area contributed by atoms with Crippen molar-refractivity contribution in [3.05, 3.63) is 23.9 Å². The Morgan fingerprint density at radius 2 is 1.85 bits per heavy atom. The minimum Gasteiger partial charge on any atom is -0.444 e. The van der Waals surface area contributed by atoms with Gasteiger partial charge in [0.05, 0.1) is 5.56 Å². The van der Waals surface area contributed by atoms with Crippen LogP contribution in [0.4, 0.5) is 10.6 Å². The number of amides is 2. The Morgan fingerprint density at radius 1 is 1.19 bits per heavy atom. The number of anilines is 1. The Hall–Kier alpha value is -2.31. The fourth-order valence-electron chi connectivity index (χ4n) is 3.63. The number of hydrogen-bond acceptors (Lipinski definition) is 5. The highest BCUT2D eigenvalue weighted by atomic mass is 16.6. The maximum atomic E-state index is 12.2. The normalized spacial score (nSPS) is 22.3. The van der Waals surface area contributed by atoms with Crippen molar-refractivity contribution in [1.29, 1.82) is 0 Å². The number of aromatic nitrogens is 1. The second kappa shape index (κ2) is 7.13. The summed E-state index contributed by atoms with van der Waals surface area (Å²) in [5.41, 5.74) is 0.113. The van der Waals surface area contributed by atoms with Gasteiger partial charge < -0.3 is 19.9 Å². The highest BCUT2D eigenvalue weighted by Gasteiger charge is 2.43. The molecule has 0 spiro atoms. The van der Waals surface area contributed by atoms with E-state index >= 15 is 0 Å². The van der Waals surface area contributed by atoms with Crippen molar-refractivity contribution in [2.75, 3.05) is 37.6 Å². The second-order valence-electron chi connectivity index (χ2n) is 8.07. The summed E-state index contributed by atoms with van der Waals surface area (Å²) in [4.78, 5) is 32.6. The molecule has 2 atom stereocenters. The standard InChI is InChI=1S/C19H28N4O3/c1-5-20-17(24)13-6-7-16(21-8-13)22-9-14-11-23(12-15(14)10-22)18(25)26-19(2,3)4/h6-8,14-15H,5,9-12H2,1-4H3,(H,20,24). The minimum atomic E-state index is -0.462. The predicted octanol–water partition coefficient (Wildman–Crippen LogP) is 2.13. The third kappa shape index (κ3) is 4.08. The molecule has 2 aliphatic rings. The zero-order valence-electron chi connectivity index (χ0n) is 16.0. The van der Waals surface area contributed by atoms with E-state index in [0.29, 0.717) is 23.9 Å². The van der Waals surface area contributed by atoms with Gasteiger partial charge in [0.1, 0.15) is 11.4 Å². The molecule has 7 heteroatoms. The minimum absolute atomic E-state index is 0.0992. The molecule has 1 aromatic rings. The van der Waals surface area contributed by atoms with Gasteiger partial charge in [-0.3, -0.25) is 4.79 Å². The van der Waals surface area contributed by atoms with Crippen molar-refractivity contribution in [1.82, 2.24) is 15.2 Å². The lowest BCUT2D eigenvalue weighted by Gasteiger charge is -2.26. The smallest absolute Gasteiger partial charge is 0.410 e. The summed E-state index contributed by atoms with van der Waals surface area (Å²) in [5.74, 6) is 1.66. The number of carbonyl (C=O) groups is 2. The summed E-state index contributed by atoms with van der Waals surface area (Å²) in [6.45, 7) is 11.4. The van der Waals surface area contributed by atoms with E-state index in [1.54, 1.807) is 6.20 Å². The van der Waals surface area contributed by atoms with Gasteiger partial charge in [-0.05, 0) is 39.8 Å². The Kier molecular flexibility index (Phi) is 5.07. The highest BCUT2D eigenvalue weighted by molar-refractivity contribution is 5.94. The van der Waals surface area contributed by atoms with Crippen LogP contribution in [0.15, 0.2) is 18.3 Å². The fourth-order valence-corrected chi connectivity index (χ4v) is 3.63. The van der Waals surface area contributed by atoms with Gasteiger partial charge in [0, 0.05) is 50.8 Å². The average Bonchev–Trinajstić information content (AvgIpc) is 3.12. The van der Waals surface area contributed by atoms with Crippen LogP contribution < -0.4 is 10.2 Å². The molecule has 0 aromatic carbocycles. The number of hydrogen-bond donors (Lipinski definition) is 1. The lowest BCUT2D eigenvalue weighted by molar-refractivity contribution is 0.0282. The van der Waals surface area contributed by atoms with Crippen LogP contribution in [0.2, 0.25) is 0 Å². The van der Waals surface area contributed by atoms with Crippen LogP contribution in [0.1, 0.15) is 38.1 Å². The second-order valence-corrected chi connectivity index (χ2v) is 8.07. The molecule has 0 radical (unpaired) electrons. The van der Waals surface area contributed by atoms with Crippen LogP contribution in [-0.2, 0) is 4.74 Å². The van der Waals surface area contributed by atoms with Crippen molar-refractivity contribution < 1.29 is 14.3 Å². The van der Waals surface area contributed by atoms with E-state index in [2.05, 4.69) is 15.2 Å².